The Kier molecular flexibility index (Phi) is 6.21. The number of aromatic nitrogens is 2. The van der Waals surface area contributed by atoms with Crippen LogP contribution in [0.5, 0.6) is 0 Å². The van der Waals surface area contributed by atoms with Crippen molar-refractivity contribution in [2.24, 2.45) is 5.73 Å². The van der Waals surface area contributed by atoms with Gasteiger partial charge in [0.25, 0.3) is 0 Å². The third kappa shape index (κ3) is 4.80. The third-order valence-electron chi connectivity index (χ3n) is 3.28. The first-order valence-electron chi connectivity index (χ1n) is 7.01. The average Bonchev–Trinajstić information content (AvgIpc) is 2.46. The molecule has 0 bridgehead atoms. The maximum absolute atomic E-state index is 5.58. The first-order chi connectivity index (χ1) is 10.1. The number of rotatable bonds is 6. The van der Waals surface area contributed by atoms with E-state index in [2.05, 4.69) is 64.0 Å². The number of thioether (sulfide) groups is 1. The molecule has 0 amide bonds. The van der Waals surface area contributed by atoms with Crippen LogP contribution in [0.4, 0.5) is 0 Å². The summed E-state index contributed by atoms with van der Waals surface area (Å²) >= 11 is 5.20. The second kappa shape index (κ2) is 7.92. The highest BCUT2D eigenvalue weighted by molar-refractivity contribution is 9.10. The Morgan fingerprint density at radius 2 is 1.71 bits per heavy atom. The van der Waals surface area contributed by atoms with Crippen LogP contribution in [0.15, 0.2) is 33.6 Å². The van der Waals surface area contributed by atoms with E-state index in [0.717, 1.165) is 40.3 Å². The summed E-state index contributed by atoms with van der Waals surface area (Å²) in [5.41, 5.74) is 9.00. The maximum atomic E-state index is 5.58. The van der Waals surface area contributed by atoms with Crippen LogP contribution in [-0.2, 0) is 12.2 Å². The number of benzene rings is 1. The Morgan fingerprint density at radius 3 is 2.29 bits per heavy atom. The van der Waals surface area contributed by atoms with Crippen LogP contribution >= 0.6 is 27.7 Å². The highest BCUT2D eigenvalue weighted by atomic mass is 79.9. The molecule has 0 spiro atoms. The molecule has 0 unspecified atom stereocenters. The lowest BCUT2D eigenvalue weighted by Crippen LogP contribution is -2.07. The van der Waals surface area contributed by atoms with Gasteiger partial charge in [0, 0.05) is 20.8 Å². The van der Waals surface area contributed by atoms with Gasteiger partial charge in [0.1, 0.15) is 5.82 Å². The molecule has 2 aromatic rings. The predicted octanol–water partition coefficient (Wildman–Crippen LogP) is 4.04. The topological polar surface area (TPSA) is 51.8 Å². The monoisotopic (exact) mass is 365 g/mol. The fraction of sp³-hybridized carbons (Fsp3) is 0.375. The van der Waals surface area contributed by atoms with Crippen molar-refractivity contribution in [1.29, 1.82) is 0 Å². The maximum Gasteiger partial charge on any atom is 0.139 e. The molecule has 0 aliphatic carbocycles. The number of halogens is 1. The minimum atomic E-state index is 0.708. The van der Waals surface area contributed by atoms with Gasteiger partial charge in [-0.3, -0.25) is 0 Å². The van der Waals surface area contributed by atoms with Gasteiger partial charge in [-0.15, -0.1) is 11.8 Å². The lowest BCUT2D eigenvalue weighted by atomic mass is 10.1. The van der Waals surface area contributed by atoms with Crippen LogP contribution in [-0.4, -0.2) is 16.5 Å². The Morgan fingerprint density at radius 1 is 1.10 bits per heavy atom. The van der Waals surface area contributed by atoms with Gasteiger partial charge in [-0.25, -0.2) is 9.97 Å². The van der Waals surface area contributed by atoms with Crippen molar-refractivity contribution in [1.82, 2.24) is 9.97 Å². The van der Waals surface area contributed by atoms with Gasteiger partial charge in [-0.05, 0) is 63.1 Å². The molecule has 0 radical (unpaired) electrons. The van der Waals surface area contributed by atoms with Crippen molar-refractivity contribution in [2.45, 2.75) is 37.3 Å². The summed E-state index contributed by atoms with van der Waals surface area (Å²) in [6, 6.07) is 8.30. The van der Waals surface area contributed by atoms with Crippen LogP contribution < -0.4 is 5.73 Å². The molecular weight excluding hydrogens is 346 g/mol. The van der Waals surface area contributed by atoms with Crippen molar-refractivity contribution >= 4 is 27.7 Å². The van der Waals surface area contributed by atoms with Crippen LogP contribution in [0, 0.1) is 13.8 Å². The van der Waals surface area contributed by atoms with E-state index in [9.17, 15) is 0 Å². The molecule has 0 aliphatic rings. The molecule has 1 aromatic carbocycles. The molecule has 0 fully saturated rings. The van der Waals surface area contributed by atoms with Gasteiger partial charge < -0.3 is 5.73 Å². The third-order valence-corrected chi connectivity index (χ3v) is 4.82. The van der Waals surface area contributed by atoms with E-state index in [4.69, 9.17) is 5.73 Å². The summed E-state index contributed by atoms with van der Waals surface area (Å²) < 4.78 is 1.10. The average molecular weight is 366 g/mol. The van der Waals surface area contributed by atoms with Crippen molar-refractivity contribution in [3.8, 4) is 0 Å². The highest BCUT2D eigenvalue weighted by Crippen LogP contribution is 2.24. The summed E-state index contributed by atoms with van der Waals surface area (Å²) in [7, 11) is 0. The Hall–Kier alpha value is -0.910. The zero-order chi connectivity index (χ0) is 15.2. The van der Waals surface area contributed by atoms with Crippen LogP contribution in [0.2, 0.25) is 0 Å². The van der Waals surface area contributed by atoms with Crippen molar-refractivity contribution in [3.63, 3.8) is 0 Å². The molecule has 0 atom stereocenters. The van der Waals surface area contributed by atoms with E-state index in [0.29, 0.717) is 6.54 Å². The van der Waals surface area contributed by atoms with E-state index >= 15 is 0 Å². The molecule has 0 saturated heterocycles. The quantitative estimate of drug-likeness (QED) is 0.784. The van der Waals surface area contributed by atoms with Gasteiger partial charge in [-0.1, -0.05) is 15.9 Å². The largest absolute Gasteiger partial charge is 0.330 e. The molecule has 0 saturated carbocycles. The Labute approximate surface area is 138 Å². The van der Waals surface area contributed by atoms with E-state index in [1.54, 1.807) is 11.8 Å². The first kappa shape index (κ1) is 16.5. The highest BCUT2D eigenvalue weighted by Gasteiger charge is 2.08. The van der Waals surface area contributed by atoms with Crippen molar-refractivity contribution in [2.75, 3.05) is 6.54 Å². The van der Waals surface area contributed by atoms with Gasteiger partial charge in [0.2, 0.25) is 0 Å². The molecule has 2 rings (SSSR count). The van der Waals surface area contributed by atoms with Crippen molar-refractivity contribution < 1.29 is 0 Å². The summed E-state index contributed by atoms with van der Waals surface area (Å²) in [5.74, 6) is 1.69. The number of hydrogen-bond donors (Lipinski definition) is 1. The Bertz CT molecular complexity index is 576. The smallest absolute Gasteiger partial charge is 0.139 e. The molecular formula is C16H20BrN3S. The molecule has 2 N–H and O–H groups in total. The molecule has 5 heteroatoms. The van der Waals surface area contributed by atoms with Crippen LogP contribution in [0.25, 0.3) is 0 Å². The standard InChI is InChI=1S/C16H20BrN3S/c1-11-15(4-3-9-18)12(2)20-16(19-11)10-21-14-7-5-13(17)6-8-14/h5-8H,3-4,9-10,18H2,1-2H3. The van der Waals surface area contributed by atoms with E-state index in [-0.39, 0.29) is 0 Å². The minimum absolute atomic E-state index is 0.708. The number of nitrogens with two attached hydrogens (primary N) is 1. The first-order valence-corrected chi connectivity index (χ1v) is 8.79. The Balaban J connectivity index is 2.05. The van der Waals surface area contributed by atoms with E-state index < -0.39 is 0 Å². The second-order valence-corrected chi connectivity index (χ2v) is 6.89. The summed E-state index contributed by atoms with van der Waals surface area (Å²) in [5, 5.41) is 0. The molecule has 112 valence electrons. The van der Waals surface area contributed by atoms with Gasteiger partial charge >= 0.3 is 0 Å². The second-order valence-electron chi connectivity index (χ2n) is 4.92. The lowest BCUT2D eigenvalue weighted by molar-refractivity contribution is 0.796. The lowest BCUT2D eigenvalue weighted by Gasteiger charge is -2.10. The molecule has 1 heterocycles. The molecule has 1 aromatic heterocycles. The minimum Gasteiger partial charge on any atom is -0.330 e. The van der Waals surface area contributed by atoms with E-state index in [1.807, 2.05) is 0 Å². The van der Waals surface area contributed by atoms with Crippen LogP contribution in [0.3, 0.4) is 0 Å². The molecule has 0 aliphatic heterocycles. The summed E-state index contributed by atoms with van der Waals surface area (Å²) in [6.45, 7) is 4.84. The SMILES string of the molecule is Cc1nc(CSc2ccc(Br)cc2)nc(C)c1CCCN. The number of nitrogens with zero attached hydrogens (tertiary/aromatic N) is 2. The summed E-state index contributed by atoms with van der Waals surface area (Å²) in [6.07, 6.45) is 1.95. The predicted molar refractivity (Wildman–Crippen MR) is 92.6 cm³/mol. The summed E-state index contributed by atoms with van der Waals surface area (Å²) in [4.78, 5) is 10.5. The fourth-order valence-electron chi connectivity index (χ4n) is 2.19. The van der Waals surface area contributed by atoms with Crippen LogP contribution in [0.1, 0.15) is 29.2 Å². The zero-order valence-electron chi connectivity index (χ0n) is 12.4. The van der Waals surface area contributed by atoms with Gasteiger partial charge in [-0.2, -0.15) is 0 Å². The fourth-order valence-corrected chi connectivity index (χ4v) is 3.21. The number of aryl methyl sites for hydroxylation is 2. The zero-order valence-corrected chi connectivity index (χ0v) is 14.8. The normalized spacial score (nSPS) is 10.9. The number of hydrogen-bond acceptors (Lipinski definition) is 4. The van der Waals surface area contributed by atoms with Crippen molar-refractivity contribution in [3.05, 3.63) is 51.5 Å². The molecule has 3 nitrogen and oxygen atoms in total. The molecule has 21 heavy (non-hydrogen) atoms. The van der Waals surface area contributed by atoms with Gasteiger partial charge in [0.15, 0.2) is 0 Å². The van der Waals surface area contributed by atoms with E-state index in [1.165, 1.54) is 10.5 Å². The van der Waals surface area contributed by atoms with Gasteiger partial charge in [0.05, 0.1) is 5.75 Å².